The van der Waals surface area contributed by atoms with Crippen molar-refractivity contribution >= 4 is 22.5 Å². The average Bonchev–Trinajstić information content (AvgIpc) is 2.66. The van der Waals surface area contributed by atoms with Gasteiger partial charge < -0.3 is 19.5 Å². The monoisotopic (exact) mass is 352 g/mol. The first-order valence-electron chi connectivity index (χ1n) is 8.05. The van der Waals surface area contributed by atoms with Gasteiger partial charge in [0.15, 0.2) is 11.5 Å². The van der Waals surface area contributed by atoms with Crippen molar-refractivity contribution in [3.63, 3.8) is 0 Å². The molecule has 6 heteroatoms. The third kappa shape index (κ3) is 3.26. The number of nitrogens with zero attached hydrogens (tertiary/aromatic N) is 1. The zero-order valence-corrected chi connectivity index (χ0v) is 15.1. The number of pyridine rings is 1. The van der Waals surface area contributed by atoms with Crippen molar-refractivity contribution in [2.24, 2.45) is 0 Å². The summed E-state index contributed by atoms with van der Waals surface area (Å²) in [5.41, 5.74) is 2.84. The highest BCUT2D eigenvalue weighted by Crippen LogP contribution is 2.38. The molecule has 1 aromatic heterocycles. The lowest BCUT2D eigenvalue weighted by atomic mass is 10.1. The molecule has 0 bridgehead atoms. The number of hydrogen-bond acceptors (Lipinski definition) is 5. The largest absolute Gasteiger partial charge is 0.493 e. The van der Waals surface area contributed by atoms with Gasteiger partial charge in [-0.15, -0.1) is 0 Å². The van der Waals surface area contributed by atoms with Crippen LogP contribution in [0.3, 0.4) is 0 Å². The zero-order chi connectivity index (χ0) is 18.7. The standard InChI is InChI=1S/C20H20N2O4/c1-12-8-9-14-15(21-12)6-5-7-16(14)22-20(23)13-10-17(24-2)19(26-4)18(11-13)25-3/h5-11H,1-4H3,(H,22,23). The molecule has 1 N–H and O–H groups in total. The Kier molecular flexibility index (Phi) is 4.93. The summed E-state index contributed by atoms with van der Waals surface area (Å²) in [5.74, 6) is 1.01. The smallest absolute Gasteiger partial charge is 0.255 e. The zero-order valence-electron chi connectivity index (χ0n) is 15.1. The third-order valence-corrected chi connectivity index (χ3v) is 4.05. The van der Waals surface area contributed by atoms with E-state index >= 15 is 0 Å². The number of methoxy groups -OCH3 is 3. The fourth-order valence-electron chi connectivity index (χ4n) is 2.77. The molecular weight excluding hydrogens is 332 g/mol. The summed E-state index contributed by atoms with van der Waals surface area (Å²) in [6.45, 7) is 1.93. The number of carbonyl (C=O) groups excluding carboxylic acids is 1. The van der Waals surface area contributed by atoms with Gasteiger partial charge in [0.05, 0.1) is 32.5 Å². The molecule has 134 valence electrons. The van der Waals surface area contributed by atoms with Crippen molar-refractivity contribution in [3.8, 4) is 17.2 Å². The van der Waals surface area contributed by atoms with E-state index in [4.69, 9.17) is 14.2 Å². The lowest BCUT2D eigenvalue weighted by Crippen LogP contribution is -2.13. The van der Waals surface area contributed by atoms with Gasteiger partial charge in [0.1, 0.15) is 0 Å². The van der Waals surface area contributed by atoms with Gasteiger partial charge in [0, 0.05) is 16.6 Å². The van der Waals surface area contributed by atoms with Crippen LogP contribution in [0, 0.1) is 6.92 Å². The summed E-state index contributed by atoms with van der Waals surface area (Å²) in [7, 11) is 4.54. The number of aromatic nitrogens is 1. The van der Waals surface area contributed by atoms with E-state index in [2.05, 4.69) is 10.3 Å². The van der Waals surface area contributed by atoms with Gasteiger partial charge in [-0.2, -0.15) is 0 Å². The van der Waals surface area contributed by atoms with Crippen LogP contribution in [0.1, 0.15) is 16.1 Å². The number of nitrogens with one attached hydrogen (secondary N) is 1. The number of hydrogen-bond donors (Lipinski definition) is 1. The topological polar surface area (TPSA) is 69.7 Å². The van der Waals surface area contributed by atoms with E-state index in [1.165, 1.54) is 21.3 Å². The van der Waals surface area contributed by atoms with Gasteiger partial charge in [-0.05, 0) is 43.3 Å². The van der Waals surface area contributed by atoms with Gasteiger partial charge in [-0.3, -0.25) is 9.78 Å². The Morgan fingerprint density at radius 3 is 2.27 bits per heavy atom. The summed E-state index contributed by atoms with van der Waals surface area (Å²) < 4.78 is 15.9. The molecule has 26 heavy (non-hydrogen) atoms. The summed E-state index contributed by atoms with van der Waals surface area (Å²) in [4.78, 5) is 17.3. The molecule has 3 aromatic rings. The van der Waals surface area contributed by atoms with Crippen LogP contribution >= 0.6 is 0 Å². The number of amides is 1. The number of rotatable bonds is 5. The second-order valence-electron chi connectivity index (χ2n) is 5.69. The summed E-state index contributed by atoms with van der Waals surface area (Å²) in [5, 5.41) is 3.80. The molecule has 2 aromatic carbocycles. The quantitative estimate of drug-likeness (QED) is 0.756. The molecule has 0 unspecified atom stereocenters. The molecule has 0 fully saturated rings. The summed E-state index contributed by atoms with van der Waals surface area (Å²) in [6, 6.07) is 12.7. The maximum absolute atomic E-state index is 12.8. The Hall–Kier alpha value is -3.28. The van der Waals surface area contributed by atoms with E-state index < -0.39 is 0 Å². The number of carbonyl (C=O) groups is 1. The second kappa shape index (κ2) is 7.31. The molecule has 3 rings (SSSR count). The number of ether oxygens (including phenoxy) is 3. The molecule has 6 nitrogen and oxygen atoms in total. The molecule has 0 atom stereocenters. The van der Waals surface area contributed by atoms with Gasteiger partial charge >= 0.3 is 0 Å². The molecule has 1 amide bonds. The predicted octanol–water partition coefficient (Wildman–Crippen LogP) is 3.82. The molecule has 1 heterocycles. The minimum atomic E-state index is -0.280. The fourth-order valence-corrected chi connectivity index (χ4v) is 2.77. The number of benzene rings is 2. The Bertz CT molecular complexity index is 944. The minimum Gasteiger partial charge on any atom is -0.493 e. The summed E-state index contributed by atoms with van der Waals surface area (Å²) in [6.07, 6.45) is 0. The molecule has 0 aliphatic heterocycles. The van der Waals surface area contributed by atoms with E-state index in [-0.39, 0.29) is 5.91 Å². The van der Waals surface area contributed by atoms with Crippen LogP contribution < -0.4 is 19.5 Å². The van der Waals surface area contributed by atoms with Crippen LogP contribution in [0.25, 0.3) is 10.9 Å². The van der Waals surface area contributed by atoms with Crippen LogP contribution in [0.2, 0.25) is 0 Å². The first-order chi connectivity index (χ1) is 12.6. The Morgan fingerprint density at radius 1 is 0.962 bits per heavy atom. The molecule has 0 spiro atoms. The van der Waals surface area contributed by atoms with Crippen molar-refractivity contribution in [1.82, 2.24) is 4.98 Å². The molecule has 0 saturated heterocycles. The maximum atomic E-state index is 12.8. The lowest BCUT2D eigenvalue weighted by Gasteiger charge is -2.14. The van der Waals surface area contributed by atoms with Crippen molar-refractivity contribution < 1.29 is 19.0 Å². The fraction of sp³-hybridized carbons (Fsp3) is 0.200. The first-order valence-corrected chi connectivity index (χ1v) is 8.05. The van der Waals surface area contributed by atoms with Crippen LogP contribution in [-0.4, -0.2) is 32.2 Å². The lowest BCUT2D eigenvalue weighted by molar-refractivity contribution is 0.102. The van der Waals surface area contributed by atoms with Gasteiger partial charge in [-0.25, -0.2) is 0 Å². The molecule has 0 radical (unpaired) electrons. The van der Waals surface area contributed by atoms with E-state index in [0.717, 1.165) is 16.6 Å². The SMILES string of the molecule is COc1cc(C(=O)Nc2cccc3nc(C)ccc23)cc(OC)c1OC. The molecular formula is C20H20N2O4. The number of fused-ring (bicyclic) bond motifs is 1. The van der Waals surface area contributed by atoms with Crippen LogP contribution in [0.4, 0.5) is 5.69 Å². The van der Waals surface area contributed by atoms with Crippen molar-refractivity contribution in [2.75, 3.05) is 26.6 Å². The van der Waals surface area contributed by atoms with E-state index in [0.29, 0.717) is 28.5 Å². The van der Waals surface area contributed by atoms with E-state index in [1.807, 2.05) is 37.3 Å². The van der Waals surface area contributed by atoms with Crippen LogP contribution in [0.5, 0.6) is 17.2 Å². The second-order valence-corrected chi connectivity index (χ2v) is 5.69. The minimum absolute atomic E-state index is 0.280. The summed E-state index contributed by atoms with van der Waals surface area (Å²) >= 11 is 0. The van der Waals surface area contributed by atoms with Gasteiger partial charge in [-0.1, -0.05) is 6.07 Å². The van der Waals surface area contributed by atoms with Crippen LogP contribution in [-0.2, 0) is 0 Å². The van der Waals surface area contributed by atoms with Crippen molar-refractivity contribution in [2.45, 2.75) is 6.92 Å². The van der Waals surface area contributed by atoms with Crippen molar-refractivity contribution in [3.05, 3.63) is 53.7 Å². The van der Waals surface area contributed by atoms with E-state index in [1.54, 1.807) is 12.1 Å². The Labute approximate surface area is 151 Å². The molecule has 0 aliphatic rings. The molecule has 0 aliphatic carbocycles. The van der Waals surface area contributed by atoms with Gasteiger partial charge in [0.2, 0.25) is 5.75 Å². The average molecular weight is 352 g/mol. The first kappa shape index (κ1) is 17.5. The van der Waals surface area contributed by atoms with Gasteiger partial charge in [0.25, 0.3) is 5.91 Å². The normalized spacial score (nSPS) is 10.5. The Morgan fingerprint density at radius 2 is 1.65 bits per heavy atom. The van der Waals surface area contributed by atoms with Crippen LogP contribution in [0.15, 0.2) is 42.5 Å². The highest BCUT2D eigenvalue weighted by molar-refractivity contribution is 6.09. The number of aryl methyl sites for hydroxylation is 1. The Balaban J connectivity index is 1.98. The number of anilines is 1. The highest BCUT2D eigenvalue weighted by Gasteiger charge is 2.17. The third-order valence-electron chi connectivity index (χ3n) is 4.05. The maximum Gasteiger partial charge on any atom is 0.255 e. The predicted molar refractivity (Wildman–Crippen MR) is 101 cm³/mol. The van der Waals surface area contributed by atoms with E-state index in [9.17, 15) is 4.79 Å². The van der Waals surface area contributed by atoms with Crippen molar-refractivity contribution in [1.29, 1.82) is 0 Å². The molecule has 0 saturated carbocycles. The highest BCUT2D eigenvalue weighted by atomic mass is 16.5.